The molecule has 1 amide bonds. The number of furan rings is 1. The van der Waals surface area contributed by atoms with Gasteiger partial charge in [0.25, 0.3) is 11.6 Å². The number of halogens is 1. The van der Waals surface area contributed by atoms with Gasteiger partial charge in [-0.3, -0.25) is 14.9 Å². The minimum Gasteiger partial charge on any atom is -0.444 e. The number of rotatable bonds is 4. The van der Waals surface area contributed by atoms with Gasteiger partial charge in [0, 0.05) is 51.0 Å². The lowest BCUT2D eigenvalue weighted by molar-refractivity contribution is -0.384. The van der Waals surface area contributed by atoms with Crippen LogP contribution in [0.3, 0.4) is 0 Å². The van der Waals surface area contributed by atoms with Crippen LogP contribution in [0.4, 0.5) is 17.1 Å². The molecule has 0 saturated carbocycles. The Balaban J connectivity index is 1.48. The Hall–Kier alpha value is -2.59. The second-order valence-electron chi connectivity index (χ2n) is 6.91. The van der Waals surface area contributed by atoms with Gasteiger partial charge in [-0.05, 0) is 40.2 Å². The second-order valence-corrected chi connectivity index (χ2v) is 7.69. The van der Waals surface area contributed by atoms with E-state index >= 15 is 0 Å². The molecule has 0 radical (unpaired) electrons. The first-order valence-corrected chi connectivity index (χ1v) is 10.2. The summed E-state index contributed by atoms with van der Waals surface area (Å²) >= 11 is 3.21. The van der Waals surface area contributed by atoms with Crippen LogP contribution in [0.2, 0.25) is 0 Å². The minimum atomic E-state index is -0.341. The maximum Gasteiger partial charge on any atom is 0.292 e. The Labute approximate surface area is 176 Å². The van der Waals surface area contributed by atoms with Gasteiger partial charge in [-0.1, -0.05) is 0 Å². The Morgan fingerprint density at radius 1 is 1.00 bits per heavy atom. The number of carbonyl (C=O) groups is 1. The van der Waals surface area contributed by atoms with E-state index in [9.17, 15) is 14.9 Å². The van der Waals surface area contributed by atoms with Gasteiger partial charge >= 0.3 is 0 Å². The molecule has 2 aliphatic rings. The Bertz CT molecular complexity index is 904. The van der Waals surface area contributed by atoms with Crippen molar-refractivity contribution in [2.75, 3.05) is 62.3 Å². The summed E-state index contributed by atoms with van der Waals surface area (Å²) in [5.74, 6) is 0.184. The first-order valence-electron chi connectivity index (χ1n) is 9.43. The van der Waals surface area contributed by atoms with E-state index in [0.29, 0.717) is 68.6 Å². The average molecular weight is 465 g/mol. The van der Waals surface area contributed by atoms with Crippen molar-refractivity contribution >= 4 is 38.9 Å². The standard InChI is InChI=1S/C19H21BrN4O5/c20-18-4-3-17(29-18)19(25)23-7-5-21(6-8-23)14-1-2-15(24(26)27)16(13-14)22-9-11-28-12-10-22/h1-4,13H,5-12H2. The Morgan fingerprint density at radius 3 is 2.34 bits per heavy atom. The van der Waals surface area contributed by atoms with E-state index in [1.807, 2.05) is 11.0 Å². The molecule has 4 rings (SSSR count). The van der Waals surface area contributed by atoms with Crippen LogP contribution in [0.5, 0.6) is 0 Å². The maximum atomic E-state index is 12.5. The van der Waals surface area contributed by atoms with Crippen molar-refractivity contribution in [1.82, 2.24) is 4.90 Å². The largest absolute Gasteiger partial charge is 0.444 e. The molecule has 0 spiro atoms. The summed E-state index contributed by atoms with van der Waals surface area (Å²) in [6.45, 7) is 4.79. The van der Waals surface area contributed by atoms with Gasteiger partial charge in [-0.2, -0.15) is 0 Å². The number of nitro benzene ring substituents is 1. The van der Waals surface area contributed by atoms with Gasteiger partial charge in [0.1, 0.15) is 5.69 Å². The lowest BCUT2D eigenvalue weighted by Gasteiger charge is -2.36. The molecule has 0 aliphatic carbocycles. The quantitative estimate of drug-likeness (QED) is 0.507. The highest BCUT2D eigenvalue weighted by atomic mass is 79.9. The Kier molecular flexibility index (Phi) is 5.72. The molecule has 0 N–H and O–H groups in total. The van der Waals surface area contributed by atoms with Crippen LogP contribution < -0.4 is 9.80 Å². The van der Waals surface area contributed by atoms with E-state index in [0.717, 1.165) is 5.69 Å². The van der Waals surface area contributed by atoms with E-state index in [1.54, 1.807) is 29.2 Å². The molecular weight excluding hydrogens is 444 g/mol. The van der Waals surface area contributed by atoms with Gasteiger partial charge in [-0.15, -0.1) is 0 Å². The van der Waals surface area contributed by atoms with Crippen LogP contribution in [0.15, 0.2) is 39.4 Å². The third-order valence-corrected chi connectivity index (χ3v) is 5.65. The molecular formula is C19H21BrN4O5. The molecule has 2 fully saturated rings. The molecule has 0 unspecified atom stereocenters. The number of nitro groups is 1. The lowest BCUT2D eigenvalue weighted by atomic mass is 10.1. The molecule has 1 aromatic carbocycles. The summed E-state index contributed by atoms with van der Waals surface area (Å²) in [5, 5.41) is 11.5. The van der Waals surface area contributed by atoms with Crippen LogP contribution in [-0.2, 0) is 4.74 Å². The molecule has 2 aliphatic heterocycles. The third kappa shape index (κ3) is 4.23. The number of amides is 1. The van der Waals surface area contributed by atoms with Crippen molar-refractivity contribution in [3.05, 3.63) is 50.9 Å². The number of ether oxygens (including phenoxy) is 1. The van der Waals surface area contributed by atoms with Crippen LogP contribution in [0.1, 0.15) is 10.6 Å². The number of hydrogen-bond donors (Lipinski definition) is 0. The van der Waals surface area contributed by atoms with Crippen LogP contribution in [0.25, 0.3) is 0 Å². The fraction of sp³-hybridized carbons (Fsp3) is 0.421. The summed E-state index contributed by atoms with van der Waals surface area (Å²) in [5.41, 5.74) is 1.65. The average Bonchev–Trinajstić information content (AvgIpc) is 3.20. The smallest absolute Gasteiger partial charge is 0.292 e. The van der Waals surface area contributed by atoms with E-state index in [-0.39, 0.29) is 16.5 Å². The van der Waals surface area contributed by atoms with Gasteiger partial charge in [-0.25, -0.2) is 0 Å². The van der Waals surface area contributed by atoms with Crippen LogP contribution in [0, 0.1) is 10.1 Å². The lowest BCUT2D eigenvalue weighted by Crippen LogP contribution is -2.48. The zero-order valence-corrected chi connectivity index (χ0v) is 17.3. The monoisotopic (exact) mass is 464 g/mol. The highest BCUT2D eigenvalue weighted by molar-refractivity contribution is 9.10. The molecule has 1 aromatic heterocycles. The number of nitrogens with zero attached hydrogens (tertiary/aromatic N) is 4. The Morgan fingerprint density at radius 2 is 1.72 bits per heavy atom. The van der Waals surface area contributed by atoms with Crippen molar-refractivity contribution in [3.63, 3.8) is 0 Å². The molecule has 2 aromatic rings. The molecule has 0 atom stereocenters. The van der Waals surface area contributed by atoms with Gasteiger partial charge in [0.05, 0.1) is 18.1 Å². The van der Waals surface area contributed by atoms with E-state index < -0.39 is 0 Å². The fourth-order valence-electron chi connectivity index (χ4n) is 3.67. The van der Waals surface area contributed by atoms with Crippen molar-refractivity contribution in [2.45, 2.75) is 0 Å². The third-order valence-electron chi connectivity index (χ3n) is 5.22. The minimum absolute atomic E-state index is 0.105. The van der Waals surface area contributed by atoms with Crippen molar-refractivity contribution in [1.29, 1.82) is 0 Å². The van der Waals surface area contributed by atoms with E-state index in [4.69, 9.17) is 9.15 Å². The summed E-state index contributed by atoms with van der Waals surface area (Å²) < 4.78 is 11.3. The zero-order valence-electron chi connectivity index (χ0n) is 15.8. The number of anilines is 2. The zero-order chi connectivity index (χ0) is 20.4. The summed E-state index contributed by atoms with van der Waals surface area (Å²) in [6, 6.07) is 8.59. The molecule has 3 heterocycles. The highest BCUT2D eigenvalue weighted by Gasteiger charge is 2.27. The topological polar surface area (TPSA) is 92.3 Å². The van der Waals surface area contributed by atoms with Gasteiger partial charge in [0.2, 0.25) is 0 Å². The second kappa shape index (κ2) is 8.42. The van der Waals surface area contributed by atoms with Gasteiger partial charge in [0.15, 0.2) is 10.4 Å². The summed E-state index contributed by atoms with van der Waals surface area (Å²) in [6.07, 6.45) is 0. The number of hydrogen-bond acceptors (Lipinski definition) is 7. The summed E-state index contributed by atoms with van der Waals surface area (Å²) in [7, 11) is 0. The maximum absolute atomic E-state index is 12.5. The van der Waals surface area contributed by atoms with Crippen molar-refractivity contribution in [3.8, 4) is 0 Å². The fourth-order valence-corrected chi connectivity index (χ4v) is 3.98. The summed E-state index contributed by atoms with van der Waals surface area (Å²) in [4.78, 5) is 29.6. The molecule has 2 saturated heterocycles. The van der Waals surface area contributed by atoms with E-state index in [1.165, 1.54) is 0 Å². The normalized spacial score (nSPS) is 17.5. The highest BCUT2D eigenvalue weighted by Crippen LogP contribution is 2.33. The number of piperazine rings is 1. The van der Waals surface area contributed by atoms with E-state index in [2.05, 4.69) is 20.8 Å². The molecule has 154 valence electrons. The van der Waals surface area contributed by atoms with Crippen molar-refractivity contribution in [2.24, 2.45) is 0 Å². The first kappa shape index (κ1) is 19.7. The molecule has 29 heavy (non-hydrogen) atoms. The number of carbonyl (C=O) groups excluding carboxylic acids is 1. The van der Waals surface area contributed by atoms with Crippen molar-refractivity contribution < 1.29 is 18.9 Å². The molecule has 9 nitrogen and oxygen atoms in total. The molecule has 10 heteroatoms. The predicted octanol–water partition coefficient (Wildman–Crippen LogP) is 2.75. The van der Waals surface area contributed by atoms with Crippen LogP contribution >= 0.6 is 15.9 Å². The number of benzene rings is 1. The van der Waals surface area contributed by atoms with Crippen LogP contribution in [-0.4, -0.2) is 68.2 Å². The first-order chi connectivity index (χ1) is 14.0. The number of morpholine rings is 1. The SMILES string of the molecule is O=C(c1ccc(Br)o1)N1CCN(c2ccc([N+](=O)[O-])c(N3CCOCC3)c2)CC1. The predicted molar refractivity (Wildman–Crippen MR) is 111 cm³/mol. The molecule has 0 bridgehead atoms. The van der Waals surface area contributed by atoms with Gasteiger partial charge < -0.3 is 23.9 Å².